The highest BCUT2D eigenvalue weighted by Gasteiger charge is 2.44. The second-order valence-electron chi connectivity index (χ2n) is 7.21. The molecular weight excluding hydrogens is 387 g/mol. The number of rotatable bonds is 10. The number of aliphatic imine (C=N–C) groups is 1. The zero-order valence-electron chi connectivity index (χ0n) is 17.6. The molecule has 0 unspecified atom stereocenters. The lowest BCUT2D eigenvalue weighted by atomic mass is 10.3. The fourth-order valence-corrected chi connectivity index (χ4v) is 8.19. The standard InChI is InChI=1S/C26H29N2OP/c1-27-26(29)19-21-28-20-11-12-22-30(23-13-5-2-6-14-23,24-15-7-3-8-16-24)25-17-9-4-10-18-25/h2-10,13-18,21H,11-12,19-20,22H2,1H3/p+1. The van der Waals surface area contributed by atoms with Crippen LogP contribution in [0.1, 0.15) is 19.3 Å². The van der Waals surface area contributed by atoms with Gasteiger partial charge in [-0.1, -0.05) is 54.6 Å². The molecule has 0 bridgehead atoms. The molecule has 0 aliphatic rings. The van der Waals surface area contributed by atoms with Crippen LogP contribution in [0.15, 0.2) is 96.0 Å². The number of unbranched alkanes of at least 4 members (excludes halogenated alkanes) is 1. The van der Waals surface area contributed by atoms with Crippen molar-refractivity contribution in [2.75, 3.05) is 19.8 Å². The summed E-state index contributed by atoms with van der Waals surface area (Å²) in [6, 6.07) is 32.9. The van der Waals surface area contributed by atoms with Gasteiger partial charge in [0.1, 0.15) is 23.2 Å². The first-order valence-electron chi connectivity index (χ1n) is 10.5. The van der Waals surface area contributed by atoms with E-state index in [4.69, 9.17) is 0 Å². The van der Waals surface area contributed by atoms with Crippen LogP contribution in [0, 0.1) is 0 Å². The molecule has 0 radical (unpaired) electrons. The van der Waals surface area contributed by atoms with Gasteiger partial charge in [0, 0.05) is 19.8 Å². The van der Waals surface area contributed by atoms with Gasteiger partial charge in [-0.05, 0) is 49.2 Å². The molecule has 30 heavy (non-hydrogen) atoms. The number of nitrogens with one attached hydrogen (secondary N) is 1. The van der Waals surface area contributed by atoms with Crippen LogP contribution in [0.2, 0.25) is 0 Å². The summed E-state index contributed by atoms with van der Waals surface area (Å²) < 4.78 is 0. The number of hydrogen-bond donors (Lipinski definition) is 1. The highest BCUT2D eigenvalue weighted by atomic mass is 31.2. The molecule has 0 saturated carbocycles. The molecule has 0 fully saturated rings. The summed E-state index contributed by atoms with van der Waals surface area (Å²) in [5, 5.41) is 6.88. The summed E-state index contributed by atoms with van der Waals surface area (Å²) in [5.41, 5.74) is 0. The molecule has 4 heteroatoms. The molecular formula is C26H30N2OP+. The number of nitrogens with zero attached hydrogens (tertiary/aromatic N) is 1. The Morgan fingerprint density at radius 2 is 1.27 bits per heavy atom. The smallest absolute Gasteiger partial charge is 0.225 e. The van der Waals surface area contributed by atoms with Crippen LogP contribution in [-0.4, -0.2) is 31.9 Å². The van der Waals surface area contributed by atoms with E-state index in [1.165, 1.54) is 15.9 Å². The zero-order chi connectivity index (χ0) is 21.1. The Balaban J connectivity index is 1.85. The van der Waals surface area contributed by atoms with Crippen molar-refractivity contribution in [2.45, 2.75) is 19.3 Å². The largest absolute Gasteiger partial charge is 0.359 e. The van der Waals surface area contributed by atoms with Crippen LogP contribution in [-0.2, 0) is 4.79 Å². The van der Waals surface area contributed by atoms with E-state index in [2.05, 4.69) is 101 Å². The van der Waals surface area contributed by atoms with E-state index in [0.717, 1.165) is 25.5 Å². The molecule has 0 aliphatic heterocycles. The second kappa shape index (κ2) is 11.4. The minimum Gasteiger partial charge on any atom is -0.359 e. The highest BCUT2D eigenvalue weighted by Crippen LogP contribution is 2.55. The predicted molar refractivity (Wildman–Crippen MR) is 131 cm³/mol. The predicted octanol–water partition coefficient (Wildman–Crippen LogP) is 3.97. The Hall–Kier alpha value is -2.77. The Morgan fingerprint density at radius 1 is 0.800 bits per heavy atom. The Kier molecular flexibility index (Phi) is 8.35. The molecule has 154 valence electrons. The maximum Gasteiger partial charge on any atom is 0.225 e. The third kappa shape index (κ3) is 5.43. The molecule has 0 aromatic heterocycles. The van der Waals surface area contributed by atoms with Crippen molar-refractivity contribution in [1.82, 2.24) is 5.32 Å². The number of hydrogen-bond acceptors (Lipinski definition) is 2. The zero-order valence-corrected chi connectivity index (χ0v) is 18.5. The van der Waals surface area contributed by atoms with Crippen LogP contribution >= 0.6 is 7.26 Å². The number of carbonyl (C=O) groups is 1. The van der Waals surface area contributed by atoms with Crippen molar-refractivity contribution >= 4 is 35.3 Å². The molecule has 0 spiro atoms. The first-order valence-corrected chi connectivity index (χ1v) is 12.5. The molecule has 1 amide bonds. The van der Waals surface area contributed by atoms with Crippen molar-refractivity contribution < 1.29 is 4.79 Å². The van der Waals surface area contributed by atoms with Gasteiger partial charge in [-0.25, -0.2) is 0 Å². The average molecular weight is 418 g/mol. The third-order valence-corrected chi connectivity index (χ3v) is 9.83. The van der Waals surface area contributed by atoms with E-state index in [1.807, 2.05) is 0 Å². The topological polar surface area (TPSA) is 41.5 Å². The third-order valence-electron chi connectivity index (χ3n) is 5.31. The molecule has 0 atom stereocenters. The van der Waals surface area contributed by atoms with Gasteiger partial charge in [0.2, 0.25) is 5.91 Å². The van der Waals surface area contributed by atoms with E-state index in [9.17, 15) is 4.79 Å². The lowest BCUT2D eigenvalue weighted by Crippen LogP contribution is -2.33. The average Bonchev–Trinajstić information content (AvgIpc) is 2.82. The number of amides is 1. The number of carbonyl (C=O) groups excluding carboxylic acids is 1. The van der Waals surface area contributed by atoms with E-state index in [-0.39, 0.29) is 5.91 Å². The molecule has 3 aromatic carbocycles. The maximum absolute atomic E-state index is 11.3. The molecule has 3 nitrogen and oxygen atoms in total. The molecule has 1 N–H and O–H groups in total. The SMILES string of the molecule is CNC(=O)CC=NCCCC[P+](c1ccccc1)(c1ccccc1)c1ccccc1. The fraction of sp³-hybridized carbons (Fsp3) is 0.231. The van der Waals surface area contributed by atoms with E-state index in [0.29, 0.717) is 6.42 Å². The van der Waals surface area contributed by atoms with Crippen LogP contribution in [0.25, 0.3) is 0 Å². The normalized spacial score (nSPS) is 11.5. The van der Waals surface area contributed by atoms with E-state index >= 15 is 0 Å². The van der Waals surface area contributed by atoms with Crippen molar-refractivity contribution in [3.63, 3.8) is 0 Å². The second-order valence-corrected chi connectivity index (χ2v) is 10.8. The Labute approximate surface area is 180 Å². The summed E-state index contributed by atoms with van der Waals surface area (Å²) in [5.74, 6) is 0.000857. The minimum absolute atomic E-state index is 0.000857. The lowest BCUT2D eigenvalue weighted by Gasteiger charge is -2.27. The van der Waals surface area contributed by atoms with Gasteiger partial charge in [-0.2, -0.15) is 0 Å². The van der Waals surface area contributed by atoms with Gasteiger partial charge < -0.3 is 5.32 Å². The van der Waals surface area contributed by atoms with Crippen molar-refractivity contribution in [3.05, 3.63) is 91.0 Å². The van der Waals surface area contributed by atoms with Crippen LogP contribution in [0.3, 0.4) is 0 Å². The van der Waals surface area contributed by atoms with Crippen LogP contribution in [0.4, 0.5) is 0 Å². The van der Waals surface area contributed by atoms with Crippen LogP contribution < -0.4 is 21.2 Å². The summed E-state index contributed by atoms with van der Waals surface area (Å²) in [7, 11) is -0.0963. The van der Waals surface area contributed by atoms with Gasteiger partial charge >= 0.3 is 0 Å². The van der Waals surface area contributed by atoms with Crippen molar-refractivity contribution in [3.8, 4) is 0 Å². The quantitative estimate of drug-likeness (QED) is 0.303. The highest BCUT2D eigenvalue weighted by molar-refractivity contribution is 7.95. The maximum atomic E-state index is 11.3. The molecule has 0 heterocycles. The van der Waals surface area contributed by atoms with Crippen LogP contribution in [0.5, 0.6) is 0 Å². The van der Waals surface area contributed by atoms with Crippen molar-refractivity contribution in [1.29, 1.82) is 0 Å². The Morgan fingerprint density at radius 3 is 1.70 bits per heavy atom. The molecule has 0 saturated heterocycles. The van der Waals surface area contributed by atoms with Gasteiger partial charge in [-0.15, -0.1) is 0 Å². The lowest BCUT2D eigenvalue weighted by molar-refractivity contribution is -0.119. The van der Waals surface area contributed by atoms with Crippen molar-refractivity contribution in [2.24, 2.45) is 4.99 Å². The van der Waals surface area contributed by atoms with Gasteiger partial charge in [0.05, 0.1) is 12.6 Å². The summed E-state index contributed by atoms with van der Waals surface area (Å²) in [6.07, 6.45) is 5.29. The molecule has 0 aliphatic carbocycles. The fourth-order valence-electron chi connectivity index (χ4n) is 3.77. The van der Waals surface area contributed by atoms with E-state index in [1.54, 1.807) is 13.3 Å². The molecule has 3 aromatic rings. The number of benzene rings is 3. The summed E-state index contributed by atoms with van der Waals surface area (Å²) >= 11 is 0. The Bertz CT molecular complexity index is 830. The van der Waals surface area contributed by atoms with E-state index < -0.39 is 7.26 Å². The van der Waals surface area contributed by atoms with Gasteiger partial charge in [0.15, 0.2) is 0 Å². The summed E-state index contributed by atoms with van der Waals surface area (Å²) in [6.45, 7) is 0.759. The monoisotopic (exact) mass is 417 g/mol. The van der Waals surface area contributed by atoms with Gasteiger partial charge in [0.25, 0.3) is 0 Å². The first-order chi connectivity index (χ1) is 14.8. The first kappa shape index (κ1) is 21.9. The minimum atomic E-state index is -1.75. The summed E-state index contributed by atoms with van der Waals surface area (Å²) in [4.78, 5) is 15.7. The molecule has 3 rings (SSSR count). The van der Waals surface area contributed by atoms with Gasteiger partial charge in [-0.3, -0.25) is 9.79 Å².